The van der Waals surface area contributed by atoms with Gasteiger partial charge < -0.3 is 5.11 Å². The van der Waals surface area contributed by atoms with Crippen LogP contribution in [0.4, 0.5) is 0 Å². The summed E-state index contributed by atoms with van der Waals surface area (Å²) in [4.78, 5) is 11.1. The van der Waals surface area contributed by atoms with Gasteiger partial charge in [-0.2, -0.15) is 0 Å². The molecule has 122 valence electrons. The highest BCUT2D eigenvalue weighted by atomic mass is 16.3. The highest BCUT2D eigenvalue weighted by Gasteiger charge is 2.53. The Hall–Kier alpha value is -0.890. The SMILES string of the molecule is CC1(C)CCCC2(C)C3CCC(=C(C=O)CO)C=C3CCC12. The Morgan fingerprint density at radius 2 is 2.05 bits per heavy atom. The van der Waals surface area contributed by atoms with Crippen LogP contribution in [-0.4, -0.2) is 18.0 Å². The summed E-state index contributed by atoms with van der Waals surface area (Å²) < 4.78 is 0. The van der Waals surface area contributed by atoms with Gasteiger partial charge in [0.15, 0.2) is 0 Å². The van der Waals surface area contributed by atoms with Crippen molar-refractivity contribution in [3.8, 4) is 0 Å². The second kappa shape index (κ2) is 5.63. The number of hydrogen-bond acceptors (Lipinski definition) is 2. The van der Waals surface area contributed by atoms with Crippen LogP contribution in [0.3, 0.4) is 0 Å². The first-order valence-electron chi connectivity index (χ1n) is 8.91. The number of fused-ring (bicyclic) bond motifs is 3. The Morgan fingerprint density at radius 3 is 2.73 bits per heavy atom. The third-order valence-corrected chi connectivity index (χ3v) is 7.03. The van der Waals surface area contributed by atoms with Crippen molar-refractivity contribution in [1.29, 1.82) is 0 Å². The molecule has 0 amide bonds. The predicted octanol–water partition coefficient (Wildman–Crippen LogP) is 4.44. The fraction of sp³-hybridized carbons (Fsp3) is 0.750. The molecule has 0 aromatic carbocycles. The Kier molecular flexibility index (Phi) is 4.09. The average molecular weight is 302 g/mol. The number of aliphatic hydroxyl groups is 1. The maximum atomic E-state index is 11.1. The molecule has 2 fully saturated rings. The summed E-state index contributed by atoms with van der Waals surface area (Å²) in [5.41, 5.74) is 4.11. The lowest BCUT2D eigenvalue weighted by Gasteiger charge is -2.59. The van der Waals surface area contributed by atoms with Gasteiger partial charge in [0, 0.05) is 5.57 Å². The second-order valence-corrected chi connectivity index (χ2v) is 8.58. The molecule has 3 atom stereocenters. The summed E-state index contributed by atoms with van der Waals surface area (Å²) in [6.07, 6.45) is 11.7. The van der Waals surface area contributed by atoms with E-state index in [4.69, 9.17) is 0 Å². The molecular weight excluding hydrogens is 272 g/mol. The molecule has 0 aliphatic heterocycles. The molecule has 0 aromatic rings. The molecule has 2 saturated carbocycles. The first-order chi connectivity index (χ1) is 10.4. The Bertz CT molecular complexity index is 526. The lowest BCUT2D eigenvalue weighted by molar-refractivity contribution is -0.105. The normalized spacial score (nSPS) is 39.4. The largest absolute Gasteiger partial charge is 0.392 e. The highest BCUT2D eigenvalue weighted by molar-refractivity contribution is 5.76. The van der Waals surface area contributed by atoms with E-state index in [1.807, 2.05) is 0 Å². The van der Waals surface area contributed by atoms with E-state index < -0.39 is 0 Å². The minimum atomic E-state index is -0.125. The summed E-state index contributed by atoms with van der Waals surface area (Å²) >= 11 is 0. The Morgan fingerprint density at radius 1 is 1.27 bits per heavy atom. The van der Waals surface area contributed by atoms with E-state index in [0.29, 0.717) is 22.3 Å². The monoisotopic (exact) mass is 302 g/mol. The van der Waals surface area contributed by atoms with Crippen LogP contribution in [0, 0.1) is 22.7 Å². The van der Waals surface area contributed by atoms with Gasteiger partial charge in [-0.1, -0.05) is 38.8 Å². The zero-order valence-corrected chi connectivity index (χ0v) is 14.3. The number of hydrogen-bond donors (Lipinski definition) is 1. The molecule has 3 aliphatic carbocycles. The van der Waals surface area contributed by atoms with E-state index in [0.717, 1.165) is 30.6 Å². The smallest absolute Gasteiger partial charge is 0.148 e. The number of rotatable bonds is 2. The molecule has 2 nitrogen and oxygen atoms in total. The predicted molar refractivity (Wildman–Crippen MR) is 89.4 cm³/mol. The summed E-state index contributed by atoms with van der Waals surface area (Å²) in [7, 11) is 0. The van der Waals surface area contributed by atoms with E-state index in [-0.39, 0.29) is 6.61 Å². The second-order valence-electron chi connectivity index (χ2n) is 8.58. The fourth-order valence-electron chi connectivity index (χ4n) is 5.96. The summed E-state index contributed by atoms with van der Waals surface area (Å²) in [5, 5.41) is 9.36. The van der Waals surface area contributed by atoms with Crippen LogP contribution in [0.15, 0.2) is 22.8 Å². The van der Waals surface area contributed by atoms with E-state index in [2.05, 4.69) is 26.8 Å². The van der Waals surface area contributed by atoms with Gasteiger partial charge in [-0.25, -0.2) is 0 Å². The van der Waals surface area contributed by atoms with Crippen LogP contribution < -0.4 is 0 Å². The van der Waals surface area contributed by atoms with E-state index in [9.17, 15) is 9.90 Å². The number of allylic oxidation sites excluding steroid dienone is 3. The molecule has 0 aromatic heterocycles. The van der Waals surface area contributed by atoms with Crippen molar-refractivity contribution in [1.82, 2.24) is 0 Å². The van der Waals surface area contributed by atoms with Crippen molar-refractivity contribution < 1.29 is 9.90 Å². The van der Waals surface area contributed by atoms with E-state index >= 15 is 0 Å². The molecule has 0 heterocycles. The van der Waals surface area contributed by atoms with Gasteiger partial charge in [0.25, 0.3) is 0 Å². The van der Waals surface area contributed by atoms with Crippen molar-refractivity contribution >= 4 is 6.29 Å². The van der Waals surface area contributed by atoms with Crippen LogP contribution in [-0.2, 0) is 4.79 Å². The van der Waals surface area contributed by atoms with Crippen molar-refractivity contribution in [3.63, 3.8) is 0 Å². The molecule has 3 rings (SSSR count). The van der Waals surface area contributed by atoms with E-state index in [1.54, 1.807) is 5.57 Å². The van der Waals surface area contributed by atoms with Crippen molar-refractivity contribution in [2.75, 3.05) is 6.61 Å². The first kappa shape index (κ1) is 16.0. The molecular formula is C20H30O2. The fourth-order valence-corrected chi connectivity index (χ4v) is 5.96. The van der Waals surface area contributed by atoms with Crippen LogP contribution in [0.25, 0.3) is 0 Å². The van der Waals surface area contributed by atoms with Gasteiger partial charge in [-0.3, -0.25) is 4.79 Å². The van der Waals surface area contributed by atoms with Crippen LogP contribution >= 0.6 is 0 Å². The molecule has 3 aliphatic rings. The summed E-state index contributed by atoms with van der Waals surface area (Å²) in [5.74, 6) is 1.51. The summed E-state index contributed by atoms with van der Waals surface area (Å²) in [6, 6.07) is 0. The minimum absolute atomic E-state index is 0.125. The standard InChI is InChI=1S/C20H30O2/c1-19(2)9-4-10-20(3)17-7-5-14(16(12-21)13-22)11-15(17)6-8-18(19)20/h11-12,17-18,22H,4-10,13H2,1-3H3. The highest BCUT2D eigenvalue weighted by Crippen LogP contribution is 2.62. The van der Waals surface area contributed by atoms with Gasteiger partial charge in [0.2, 0.25) is 0 Å². The van der Waals surface area contributed by atoms with Gasteiger partial charge in [-0.15, -0.1) is 0 Å². The van der Waals surface area contributed by atoms with Gasteiger partial charge in [-0.05, 0) is 66.8 Å². The van der Waals surface area contributed by atoms with Gasteiger partial charge in [0.05, 0.1) is 6.61 Å². The Labute approximate surface area is 134 Å². The number of carbonyl (C=O) groups excluding carboxylic acids is 1. The molecule has 2 heteroatoms. The molecule has 0 radical (unpaired) electrons. The first-order valence-corrected chi connectivity index (χ1v) is 8.91. The van der Waals surface area contributed by atoms with Crippen molar-refractivity contribution in [3.05, 3.63) is 22.8 Å². The zero-order chi connectivity index (χ0) is 16.0. The number of carbonyl (C=O) groups is 1. The number of aliphatic hydroxyl groups excluding tert-OH is 1. The maximum Gasteiger partial charge on any atom is 0.148 e. The third-order valence-electron chi connectivity index (χ3n) is 7.03. The lowest BCUT2D eigenvalue weighted by atomic mass is 9.46. The van der Waals surface area contributed by atoms with Crippen LogP contribution in [0.1, 0.15) is 65.7 Å². The molecule has 0 saturated heterocycles. The molecule has 0 bridgehead atoms. The van der Waals surface area contributed by atoms with Gasteiger partial charge in [0.1, 0.15) is 6.29 Å². The van der Waals surface area contributed by atoms with E-state index in [1.165, 1.54) is 32.1 Å². The van der Waals surface area contributed by atoms with Crippen molar-refractivity contribution in [2.24, 2.45) is 22.7 Å². The zero-order valence-electron chi connectivity index (χ0n) is 14.3. The molecule has 3 unspecified atom stereocenters. The summed E-state index contributed by atoms with van der Waals surface area (Å²) in [6.45, 7) is 7.33. The average Bonchev–Trinajstić information content (AvgIpc) is 2.47. The Balaban J connectivity index is 1.96. The van der Waals surface area contributed by atoms with Crippen LogP contribution in [0.2, 0.25) is 0 Å². The van der Waals surface area contributed by atoms with Crippen LogP contribution in [0.5, 0.6) is 0 Å². The van der Waals surface area contributed by atoms with Crippen molar-refractivity contribution in [2.45, 2.75) is 65.7 Å². The molecule has 22 heavy (non-hydrogen) atoms. The molecule has 0 spiro atoms. The quantitative estimate of drug-likeness (QED) is 0.605. The minimum Gasteiger partial charge on any atom is -0.392 e. The third kappa shape index (κ3) is 2.40. The number of aldehydes is 1. The lowest BCUT2D eigenvalue weighted by Crippen LogP contribution is -2.50. The molecule has 1 N–H and O–H groups in total. The van der Waals surface area contributed by atoms with Gasteiger partial charge >= 0.3 is 0 Å². The maximum absolute atomic E-state index is 11.1. The topological polar surface area (TPSA) is 37.3 Å².